The van der Waals surface area contributed by atoms with E-state index in [1.807, 2.05) is 37.4 Å². The molecular weight excluding hydrogens is 294 g/mol. The lowest BCUT2D eigenvalue weighted by Crippen LogP contribution is -2.18. The Labute approximate surface area is 134 Å². The zero-order chi connectivity index (χ0) is 16.7. The number of non-ortho nitro benzene ring substituents is 1. The van der Waals surface area contributed by atoms with Gasteiger partial charge in [-0.15, -0.1) is 0 Å². The summed E-state index contributed by atoms with van der Waals surface area (Å²) in [7, 11) is 2.01. The van der Waals surface area contributed by atoms with Gasteiger partial charge in [0, 0.05) is 44.2 Å². The average molecular weight is 312 g/mol. The van der Waals surface area contributed by atoms with E-state index < -0.39 is 4.92 Å². The van der Waals surface area contributed by atoms with Crippen molar-refractivity contribution in [2.45, 2.75) is 6.42 Å². The van der Waals surface area contributed by atoms with Gasteiger partial charge < -0.3 is 10.0 Å². The summed E-state index contributed by atoms with van der Waals surface area (Å²) >= 11 is 0. The highest BCUT2D eigenvalue weighted by atomic mass is 16.6. The Balaban J connectivity index is 1.85. The third-order valence-corrected chi connectivity index (χ3v) is 3.41. The molecule has 0 bridgehead atoms. The quantitative estimate of drug-likeness (QED) is 0.340. The number of hydrogen-bond donors (Lipinski definition) is 0. The molecule has 0 radical (unpaired) electrons. The number of hydrogen-bond acceptors (Lipinski definition) is 5. The molecule has 2 rings (SSSR count). The number of nitrogens with zero attached hydrogens (tertiary/aromatic N) is 3. The number of nitro benzene ring substituents is 1. The van der Waals surface area contributed by atoms with Crippen molar-refractivity contribution in [3.63, 3.8) is 0 Å². The second-order valence-corrected chi connectivity index (χ2v) is 5.13. The molecule has 0 fully saturated rings. The zero-order valence-electron chi connectivity index (χ0n) is 12.9. The van der Waals surface area contributed by atoms with Crippen LogP contribution in [-0.4, -0.2) is 31.3 Å². The van der Waals surface area contributed by atoms with E-state index in [1.54, 1.807) is 0 Å². The van der Waals surface area contributed by atoms with Crippen molar-refractivity contribution in [2.24, 2.45) is 4.99 Å². The Morgan fingerprint density at radius 2 is 1.96 bits per heavy atom. The summed E-state index contributed by atoms with van der Waals surface area (Å²) in [5.41, 5.74) is 1.28. The first-order valence-electron chi connectivity index (χ1n) is 7.29. The maximum absolute atomic E-state index is 11.6. The molecule has 0 aromatic heterocycles. The fraction of sp³-hybridized carbons (Fsp3) is 0.235. The van der Waals surface area contributed by atoms with Gasteiger partial charge in [-0.3, -0.25) is 15.1 Å². The second-order valence-electron chi connectivity index (χ2n) is 5.13. The monoisotopic (exact) mass is 312 g/mol. The molecule has 0 aliphatic carbocycles. The van der Waals surface area contributed by atoms with Crippen molar-refractivity contribution in [1.29, 1.82) is 0 Å². The minimum atomic E-state index is -0.522. The van der Waals surface area contributed by atoms with Crippen LogP contribution in [0, 0.1) is 10.1 Å². The Bertz CT molecular complexity index is 687. The molecule has 23 heavy (non-hydrogen) atoms. The Hall–Kier alpha value is -2.89. The van der Waals surface area contributed by atoms with Gasteiger partial charge in [-0.1, -0.05) is 30.0 Å². The lowest BCUT2D eigenvalue weighted by Gasteiger charge is -2.18. The number of anilines is 1. The van der Waals surface area contributed by atoms with Crippen molar-refractivity contribution in [2.75, 3.05) is 25.0 Å². The SMILES string of the molecule is CN(CCCN=Cc1cc([N+](=O)[O-])ccc1[O-])c1ccccc1. The van der Waals surface area contributed by atoms with Crippen LogP contribution in [0.2, 0.25) is 0 Å². The van der Waals surface area contributed by atoms with Crippen LogP contribution in [-0.2, 0) is 0 Å². The summed E-state index contributed by atoms with van der Waals surface area (Å²) in [6.07, 6.45) is 2.24. The van der Waals surface area contributed by atoms with Gasteiger partial charge in [-0.2, -0.15) is 0 Å². The van der Waals surface area contributed by atoms with Crippen LogP contribution in [0.3, 0.4) is 0 Å². The van der Waals surface area contributed by atoms with Crippen LogP contribution >= 0.6 is 0 Å². The molecule has 0 N–H and O–H groups in total. The smallest absolute Gasteiger partial charge is 0.270 e. The average Bonchev–Trinajstić information content (AvgIpc) is 2.56. The summed E-state index contributed by atoms with van der Waals surface area (Å²) in [6.45, 7) is 1.39. The minimum absolute atomic E-state index is 0.102. The van der Waals surface area contributed by atoms with E-state index in [4.69, 9.17) is 0 Å². The van der Waals surface area contributed by atoms with Crippen molar-refractivity contribution in [3.8, 4) is 5.75 Å². The molecule has 2 aromatic carbocycles. The highest BCUT2D eigenvalue weighted by Gasteiger charge is 2.05. The van der Waals surface area contributed by atoms with Crippen LogP contribution in [0.5, 0.6) is 5.75 Å². The number of aliphatic imine (C=N–C) groups is 1. The first-order valence-corrected chi connectivity index (χ1v) is 7.29. The highest BCUT2D eigenvalue weighted by Crippen LogP contribution is 2.19. The summed E-state index contributed by atoms with van der Waals surface area (Å²) in [4.78, 5) is 16.5. The fourth-order valence-electron chi connectivity index (χ4n) is 2.12. The molecule has 6 heteroatoms. The Kier molecular flexibility index (Phi) is 5.68. The Morgan fingerprint density at radius 1 is 1.22 bits per heavy atom. The van der Waals surface area contributed by atoms with Crippen molar-refractivity contribution in [3.05, 3.63) is 64.2 Å². The molecule has 0 saturated heterocycles. The summed E-state index contributed by atoms with van der Waals surface area (Å²) in [5.74, 6) is -0.263. The molecule has 2 aromatic rings. The summed E-state index contributed by atoms with van der Waals surface area (Å²) in [6, 6.07) is 13.7. The molecule has 120 valence electrons. The molecule has 0 spiro atoms. The highest BCUT2D eigenvalue weighted by molar-refractivity contribution is 5.84. The molecule has 0 heterocycles. The fourth-order valence-corrected chi connectivity index (χ4v) is 2.12. The van der Waals surface area contributed by atoms with E-state index in [0.29, 0.717) is 6.54 Å². The largest absolute Gasteiger partial charge is 0.872 e. The van der Waals surface area contributed by atoms with Gasteiger partial charge in [-0.25, -0.2) is 0 Å². The molecule has 0 unspecified atom stereocenters. The maximum Gasteiger partial charge on any atom is 0.270 e. The second kappa shape index (κ2) is 7.93. The van der Waals surface area contributed by atoms with E-state index in [9.17, 15) is 15.2 Å². The van der Waals surface area contributed by atoms with Gasteiger partial charge in [0.1, 0.15) is 0 Å². The first kappa shape index (κ1) is 16.5. The topological polar surface area (TPSA) is 81.8 Å². The van der Waals surface area contributed by atoms with Gasteiger partial charge in [0.15, 0.2) is 0 Å². The van der Waals surface area contributed by atoms with E-state index in [0.717, 1.165) is 18.7 Å². The first-order chi connectivity index (χ1) is 11.1. The lowest BCUT2D eigenvalue weighted by molar-refractivity contribution is -0.385. The minimum Gasteiger partial charge on any atom is -0.872 e. The van der Waals surface area contributed by atoms with Gasteiger partial charge >= 0.3 is 0 Å². The van der Waals surface area contributed by atoms with Crippen LogP contribution in [0.15, 0.2) is 53.5 Å². The van der Waals surface area contributed by atoms with E-state index in [1.165, 1.54) is 24.4 Å². The summed E-state index contributed by atoms with van der Waals surface area (Å²) < 4.78 is 0. The molecule has 0 saturated carbocycles. The van der Waals surface area contributed by atoms with Crippen LogP contribution in [0.25, 0.3) is 0 Å². The molecule has 0 atom stereocenters. The van der Waals surface area contributed by atoms with Crippen LogP contribution in [0.1, 0.15) is 12.0 Å². The van der Waals surface area contributed by atoms with E-state index >= 15 is 0 Å². The van der Waals surface area contributed by atoms with Crippen molar-refractivity contribution >= 4 is 17.6 Å². The van der Waals surface area contributed by atoms with Gasteiger partial charge in [0.05, 0.1) is 4.92 Å². The van der Waals surface area contributed by atoms with Gasteiger partial charge in [0.2, 0.25) is 0 Å². The molecule has 0 aliphatic heterocycles. The maximum atomic E-state index is 11.6. The normalized spacial score (nSPS) is 10.8. The van der Waals surface area contributed by atoms with Crippen LogP contribution < -0.4 is 10.0 Å². The molecule has 0 aliphatic rings. The van der Waals surface area contributed by atoms with Crippen LogP contribution in [0.4, 0.5) is 11.4 Å². The number of benzene rings is 2. The molecule has 0 amide bonds. The Morgan fingerprint density at radius 3 is 2.65 bits per heavy atom. The van der Waals surface area contributed by atoms with Gasteiger partial charge in [0.25, 0.3) is 5.69 Å². The molecule has 6 nitrogen and oxygen atoms in total. The van der Waals surface area contributed by atoms with Crippen molar-refractivity contribution in [1.82, 2.24) is 0 Å². The number of rotatable bonds is 7. The lowest BCUT2D eigenvalue weighted by atomic mass is 10.2. The molecular formula is C17H18N3O3-. The zero-order valence-corrected chi connectivity index (χ0v) is 12.9. The van der Waals surface area contributed by atoms with E-state index in [-0.39, 0.29) is 17.0 Å². The van der Waals surface area contributed by atoms with E-state index in [2.05, 4.69) is 9.89 Å². The van der Waals surface area contributed by atoms with Gasteiger partial charge in [-0.05, 0) is 24.1 Å². The third kappa shape index (κ3) is 4.81. The van der Waals surface area contributed by atoms with Crippen molar-refractivity contribution < 1.29 is 10.0 Å². The number of para-hydroxylation sites is 1. The predicted octanol–water partition coefficient (Wildman–Crippen LogP) is 2.61. The predicted molar refractivity (Wildman–Crippen MR) is 89.3 cm³/mol. The standard InChI is InChI=1S/C17H19N3O3/c1-19(15-6-3-2-4-7-15)11-5-10-18-13-14-12-16(20(22)23)8-9-17(14)21/h2-4,6-9,12-13,21H,5,10-11H2,1H3/p-1. The number of nitro groups is 1. The third-order valence-electron chi connectivity index (χ3n) is 3.41. The summed E-state index contributed by atoms with van der Waals surface area (Å²) in [5, 5.41) is 22.3.